The summed E-state index contributed by atoms with van der Waals surface area (Å²) in [6, 6.07) is 12.7. The van der Waals surface area contributed by atoms with Crippen LogP contribution in [-0.4, -0.2) is 10.2 Å². The molecule has 0 spiro atoms. The summed E-state index contributed by atoms with van der Waals surface area (Å²) >= 11 is 15.4. The maximum absolute atomic E-state index is 6.12. The minimum atomic E-state index is 0.363. The van der Waals surface area contributed by atoms with E-state index in [2.05, 4.69) is 26.1 Å². The largest absolute Gasteiger partial charge is 0.416 e. The van der Waals surface area contributed by atoms with Gasteiger partial charge in [0.25, 0.3) is 0 Å². The molecule has 0 aliphatic heterocycles. The predicted octanol–water partition coefficient (Wildman–Crippen LogP) is 5.47. The van der Waals surface area contributed by atoms with E-state index in [1.54, 1.807) is 18.2 Å². The van der Waals surface area contributed by atoms with Gasteiger partial charge in [-0.15, -0.1) is 10.2 Å². The first-order valence-electron chi connectivity index (χ1n) is 5.68. The van der Waals surface area contributed by atoms with Crippen molar-refractivity contribution in [2.24, 2.45) is 0 Å². The highest BCUT2D eigenvalue weighted by Gasteiger charge is 2.13. The molecule has 0 saturated heterocycles. The molecular formula is C14H7BrCl2N2O. The van der Waals surface area contributed by atoms with E-state index in [1.807, 2.05) is 24.3 Å². The highest BCUT2D eigenvalue weighted by atomic mass is 79.9. The molecule has 0 atom stereocenters. The van der Waals surface area contributed by atoms with Gasteiger partial charge in [0.1, 0.15) is 0 Å². The van der Waals surface area contributed by atoms with Crippen LogP contribution in [0.4, 0.5) is 0 Å². The Hall–Kier alpha value is -1.36. The van der Waals surface area contributed by atoms with E-state index >= 15 is 0 Å². The van der Waals surface area contributed by atoms with Gasteiger partial charge in [-0.05, 0) is 36.4 Å². The molecule has 0 aliphatic rings. The molecule has 1 heterocycles. The Morgan fingerprint density at radius 1 is 0.950 bits per heavy atom. The number of nitrogens with zero attached hydrogens (tertiary/aromatic N) is 2. The lowest BCUT2D eigenvalue weighted by atomic mass is 10.2. The zero-order valence-electron chi connectivity index (χ0n) is 9.98. The summed E-state index contributed by atoms with van der Waals surface area (Å²) in [5, 5.41) is 9.10. The van der Waals surface area contributed by atoms with Gasteiger partial charge in [-0.1, -0.05) is 45.2 Å². The SMILES string of the molecule is Clc1ccc(-c2nnc(-c3cccc(Br)c3)o2)c(Cl)c1. The zero-order chi connectivity index (χ0) is 14.1. The molecular weight excluding hydrogens is 363 g/mol. The standard InChI is InChI=1S/C14H7BrCl2N2O/c15-9-3-1-2-8(6-9)13-18-19-14(20-13)11-5-4-10(16)7-12(11)17/h1-7H. The smallest absolute Gasteiger partial charge is 0.249 e. The van der Waals surface area contributed by atoms with E-state index in [-0.39, 0.29) is 0 Å². The maximum atomic E-state index is 6.12. The summed E-state index contributed by atoms with van der Waals surface area (Å²) in [4.78, 5) is 0. The lowest BCUT2D eigenvalue weighted by Gasteiger charge is -1.99. The molecule has 2 aromatic carbocycles. The van der Waals surface area contributed by atoms with Crippen molar-refractivity contribution in [1.82, 2.24) is 10.2 Å². The highest BCUT2D eigenvalue weighted by Crippen LogP contribution is 2.31. The molecule has 0 unspecified atom stereocenters. The zero-order valence-corrected chi connectivity index (χ0v) is 13.1. The Morgan fingerprint density at radius 2 is 1.75 bits per heavy atom. The first-order valence-corrected chi connectivity index (χ1v) is 7.23. The molecule has 3 rings (SSSR count). The van der Waals surface area contributed by atoms with E-state index in [0.29, 0.717) is 27.4 Å². The van der Waals surface area contributed by atoms with Crippen LogP contribution in [0.5, 0.6) is 0 Å². The van der Waals surface area contributed by atoms with Crippen LogP contribution in [0.1, 0.15) is 0 Å². The molecule has 3 nitrogen and oxygen atoms in total. The maximum Gasteiger partial charge on any atom is 0.249 e. The summed E-state index contributed by atoms with van der Waals surface area (Å²) < 4.78 is 6.60. The van der Waals surface area contributed by atoms with Gasteiger partial charge >= 0.3 is 0 Å². The van der Waals surface area contributed by atoms with Crippen molar-refractivity contribution in [3.05, 3.63) is 57.0 Å². The third kappa shape index (κ3) is 2.73. The molecule has 0 amide bonds. The van der Waals surface area contributed by atoms with E-state index < -0.39 is 0 Å². The van der Waals surface area contributed by atoms with Crippen molar-refractivity contribution in [2.75, 3.05) is 0 Å². The number of hydrogen-bond donors (Lipinski definition) is 0. The molecule has 0 radical (unpaired) electrons. The van der Waals surface area contributed by atoms with Crippen LogP contribution >= 0.6 is 39.1 Å². The van der Waals surface area contributed by atoms with Crippen molar-refractivity contribution >= 4 is 39.1 Å². The first-order chi connectivity index (χ1) is 9.63. The van der Waals surface area contributed by atoms with E-state index in [0.717, 1.165) is 10.0 Å². The van der Waals surface area contributed by atoms with Gasteiger partial charge in [0.15, 0.2) is 0 Å². The highest BCUT2D eigenvalue weighted by molar-refractivity contribution is 9.10. The number of benzene rings is 2. The van der Waals surface area contributed by atoms with Gasteiger partial charge in [0, 0.05) is 15.1 Å². The second-order valence-electron chi connectivity index (χ2n) is 4.05. The van der Waals surface area contributed by atoms with Crippen LogP contribution in [0.15, 0.2) is 51.4 Å². The van der Waals surface area contributed by atoms with E-state index in [9.17, 15) is 0 Å². The molecule has 1 aromatic heterocycles. The fourth-order valence-corrected chi connectivity index (χ4v) is 2.62. The Kier molecular flexibility index (Phi) is 3.78. The first kappa shape index (κ1) is 13.6. The van der Waals surface area contributed by atoms with Gasteiger partial charge < -0.3 is 4.42 Å². The molecule has 6 heteroatoms. The average Bonchev–Trinajstić information content (AvgIpc) is 2.88. The fraction of sp³-hybridized carbons (Fsp3) is 0. The van der Waals surface area contributed by atoms with Crippen LogP contribution in [0.3, 0.4) is 0 Å². The molecule has 3 aromatic rings. The summed E-state index contributed by atoms with van der Waals surface area (Å²) in [5.41, 5.74) is 1.49. The fourth-order valence-electron chi connectivity index (χ4n) is 1.73. The minimum absolute atomic E-state index is 0.363. The van der Waals surface area contributed by atoms with Crippen molar-refractivity contribution < 1.29 is 4.42 Å². The summed E-state index contributed by atoms with van der Waals surface area (Å²) in [6.07, 6.45) is 0. The molecule has 100 valence electrons. The second kappa shape index (κ2) is 5.56. The Balaban J connectivity index is 2.02. The van der Waals surface area contributed by atoms with Crippen molar-refractivity contribution in [3.8, 4) is 22.9 Å². The van der Waals surface area contributed by atoms with Gasteiger partial charge in [0.05, 0.1) is 10.6 Å². The summed E-state index contributed by atoms with van der Waals surface area (Å²) in [6.45, 7) is 0. The van der Waals surface area contributed by atoms with Crippen molar-refractivity contribution in [3.63, 3.8) is 0 Å². The minimum Gasteiger partial charge on any atom is -0.416 e. The van der Waals surface area contributed by atoms with Gasteiger partial charge in [-0.25, -0.2) is 0 Å². The van der Waals surface area contributed by atoms with E-state index in [1.165, 1.54) is 0 Å². The molecule has 0 bridgehead atoms. The third-order valence-corrected chi connectivity index (χ3v) is 3.70. The molecule has 0 saturated carbocycles. The van der Waals surface area contributed by atoms with Crippen LogP contribution in [0.2, 0.25) is 10.0 Å². The third-order valence-electron chi connectivity index (χ3n) is 2.66. The summed E-state index contributed by atoms with van der Waals surface area (Å²) in [5.74, 6) is 0.800. The molecule has 0 aliphatic carbocycles. The molecule has 0 fully saturated rings. The van der Waals surface area contributed by atoms with Crippen LogP contribution in [0.25, 0.3) is 22.9 Å². The number of halogens is 3. The lowest BCUT2D eigenvalue weighted by molar-refractivity contribution is 0.584. The Labute approximate surface area is 133 Å². The van der Waals surface area contributed by atoms with Gasteiger partial charge in [0.2, 0.25) is 11.8 Å². The average molecular weight is 370 g/mol. The number of hydrogen-bond acceptors (Lipinski definition) is 3. The summed E-state index contributed by atoms with van der Waals surface area (Å²) in [7, 11) is 0. The van der Waals surface area contributed by atoms with Crippen LogP contribution < -0.4 is 0 Å². The molecule has 20 heavy (non-hydrogen) atoms. The van der Waals surface area contributed by atoms with Gasteiger partial charge in [-0.3, -0.25) is 0 Å². The van der Waals surface area contributed by atoms with Crippen molar-refractivity contribution in [2.45, 2.75) is 0 Å². The normalized spacial score (nSPS) is 10.8. The van der Waals surface area contributed by atoms with Crippen molar-refractivity contribution in [1.29, 1.82) is 0 Å². The number of aromatic nitrogens is 2. The topological polar surface area (TPSA) is 38.9 Å². The van der Waals surface area contributed by atoms with Gasteiger partial charge in [-0.2, -0.15) is 0 Å². The monoisotopic (exact) mass is 368 g/mol. The lowest BCUT2D eigenvalue weighted by Crippen LogP contribution is -1.79. The van der Waals surface area contributed by atoms with Crippen LogP contribution in [-0.2, 0) is 0 Å². The quantitative estimate of drug-likeness (QED) is 0.600. The second-order valence-corrected chi connectivity index (χ2v) is 5.81. The van der Waals surface area contributed by atoms with E-state index in [4.69, 9.17) is 27.6 Å². The molecule has 0 N–H and O–H groups in total. The number of rotatable bonds is 2. The Bertz CT molecular complexity index is 773. The predicted molar refractivity (Wildman–Crippen MR) is 82.9 cm³/mol. The Morgan fingerprint density at radius 3 is 2.50 bits per heavy atom. The van der Waals surface area contributed by atoms with Crippen LogP contribution in [0, 0.1) is 0 Å².